The highest BCUT2D eigenvalue weighted by molar-refractivity contribution is 9.11. The molecule has 0 amide bonds. The van der Waals surface area contributed by atoms with Crippen molar-refractivity contribution in [3.63, 3.8) is 0 Å². The van der Waals surface area contributed by atoms with E-state index in [0.29, 0.717) is 10.8 Å². The Hall–Kier alpha value is -3.34. The molecule has 8 rings (SSSR count). The summed E-state index contributed by atoms with van der Waals surface area (Å²) < 4.78 is 1.92. The van der Waals surface area contributed by atoms with Gasteiger partial charge in [0.05, 0.1) is 0 Å². The first-order valence-electron chi connectivity index (χ1n) is 11.0. The molecule has 0 aromatic heterocycles. The molecule has 0 unspecified atom stereocenters. The molecule has 8 aromatic rings. The summed E-state index contributed by atoms with van der Waals surface area (Å²) in [6, 6.07) is 23.6. The Kier molecular flexibility index (Phi) is 3.47. The molecular formula is C30H12Br2O2. The zero-order valence-corrected chi connectivity index (χ0v) is 20.7. The predicted octanol–water partition coefficient (Wildman–Crippen LogP) is 8.32. The van der Waals surface area contributed by atoms with Crippen LogP contribution < -0.4 is 10.9 Å². The fraction of sp³-hybridized carbons (Fsp3) is 0. The molecule has 0 aliphatic carbocycles. The Balaban J connectivity index is 1.87. The fourth-order valence-corrected chi connectivity index (χ4v) is 7.56. The number of hydrogen-bond acceptors (Lipinski definition) is 2. The van der Waals surface area contributed by atoms with Crippen LogP contribution >= 0.6 is 31.9 Å². The minimum Gasteiger partial charge on any atom is -0.289 e. The van der Waals surface area contributed by atoms with E-state index in [-0.39, 0.29) is 10.9 Å². The summed E-state index contributed by atoms with van der Waals surface area (Å²) in [5, 5.41) is 12.9. The molecule has 0 saturated carbocycles. The number of benzene rings is 8. The first-order valence-corrected chi connectivity index (χ1v) is 12.6. The Morgan fingerprint density at radius 1 is 0.353 bits per heavy atom. The van der Waals surface area contributed by atoms with Gasteiger partial charge in [-0.3, -0.25) is 9.59 Å². The van der Waals surface area contributed by atoms with Crippen LogP contribution in [0.25, 0.3) is 75.4 Å². The van der Waals surface area contributed by atoms with E-state index >= 15 is 0 Å². The Labute approximate surface area is 208 Å². The van der Waals surface area contributed by atoms with Crippen LogP contribution in [0.3, 0.4) is 0 Å². The maximum Gasteiger partial charge on any atom is 0.194 e. The van der Waals surface area contributed by atoms with E-state index in [1.807, 2.05) is 72.8 Å². The summed E-state index contributed by atoms with van der Waals surface area (Å²) in [6.45, 7) is 0. The zero-order valence-electron chi connectivity index (χ0n) is 17.5. The van der Waals surface area contributed by atoms with Crippen LogP contribution in [0.5, 0.6) is 0 Å². The topological polar surface area (TPSA) is 34.1 Å². The molecule has 0 heterocycles. The summed E-state index contributed by atoms with van der Waals surface area (Å²) in [5.74, 6) is 0. The minimum absolute atomic E-state index is 0.0398. The maximum atomic E-state index is 13.6. The summed E-state index contributed by atoms with van der Waals surface area (Å²) in [5.41, 5.74) is 0.0797. The van der Waals surface area contributed by atoms with Crippen LogP contribution in [0.2, 0.25) is 0 Å². The van der Waals surface area contributed by atoms with Crippen molar-refractivity contribution in [1.29, 1.82) is 0 Å². The predicted molar refractivity (Wildman–Crippen MR) is 150 cm³/mol. The second kappa shape index (κ2) is 6.21. The van der Waals surface area contributed by atoms with Gasteiger partial charge < -0.3 is 0 Å². The monoisotopic (exact) mass is 562 g/mol. The van der Waals surface area contributed by atoms with Gasteiger partial charge in [-0.2, -0.15) is 0 Å². The van der Waals surface area contributed by atoms with E-state index < -0.39 is 0 Å². The lowest BCUT2D eigenvalue weighted by molar-refractivity contribution is 1.71. The van der Waals surface area contributed by atoms with Gasteiger partial charge in [0.25, 0.3) is 0 Å². The Morgan fingerprint density at radius 2 is 0.676 bits per heavy atom. The molecule has 0 N–H and O–H groups in total. The van der Waals surface area contributed by atoms with Crippen molar-refractivity contribution < 1.29 is 0 Å². The van der Waals surface area contributed by atoms with Crippen molar-refractivity contribution in [2.75, 3.05) is 0 Å². The van der Waals surface area contributed by atoms with E-state index in [1.165, 1.54) is 0 Å². The molecule has 0 radical (unpaired) electrons. The average Bonchev–Trinajstić information content (AvgIpc) is 2.87. The quantitative estimate of drug-likeness (QED) is 0.137. The molecule has 8 aromatic carbocycles. The normalized spacial score (nSPS) is 12.6. The minimum atomic E-state index is 0.0398. The van der Waals surface area contributed by atoms with Gasteiger partial charge >= 0.3 is 0 Å². The van der Waals surface area contributed by atoms with Crippen molar-refractivity contribution in [1.82, 2.24) is 0 Å². The molecule has 0 spiro atoms. The largest absolute Gasteiger partial charge is 0.289 e. The smallest absolute Gasteiger partial charge is 0.194 e. The summed E-state index contributed by atoms with van der Waals surface area (Å²) in [7, 11) is 0. The van der Waals surface area contributed by atoms with Crippen LogP contribution in [0.15, 0.2) is 91.3 Å². The SMILES string of the molecule is O=c1c2ccccc2c2c(Br)c3ccc4c(=O)c5ccccc5c5c(Br)c6ccc1c2c6c3c45. The Bertz CT molecular complexity index is 2120. The van der Waals surface area contributed by atoms with Gasteiger partial charge in [-0.05, 0) is 76.3 Å². The first-order chi connectivity index (χ1) is 16.6. The third-order valence-electron chi connectivity index (χ3n) is 7.44. The summed E-state index contributed by atoms with van der Waals surface area (Å²) in [6.07, 6.45) is 0. The molecule has 0 aliphatic rings. The second-order valence-electron chi connectivity index (χ2n) is 8.95. The van der Waals surface area contributed by atoms with Crippen LogP contribution in [0.1, 0.15) is 0 Å². The van der Waals surface area contributed by atoms with Crippen molar-refractivity contribution in [3.05, 3.63) is 102 Å². The van der Waals surface area contributed by atoms with Gasteiger partial charge in [0, 0.05) is 52.0 Å². The van der Waals surface area contributed by atoms with Crippen molar-refractivity contribution >= 4 is 107 Å². The van der Waals surface area contributed by atoms with Crippen LogP contribution in [-0.2, 0) is 0 Å². The third kappa shape index (κ3) is 2.00. The van der Waals surface area contributed by atoms with Crippen LogP contribution in [-0.4, -0.2) is 0 Å². The van der Waals surface area contributed by atoms with Crippen molar-refractivity contribution in [2.24, 2.45) is 0 Å². The molecule has 0 atom stereocenters. The second-order valence-corrected chi connectivity index (χ2v) is 10.5. The third-order valence-corrected chi connectivity index (χ3v) is 9.09. The highest BCUT2D eigenvalue weighted by atomic mass is 79.9. The highest BCUT2D eigenvalue weighted by Crippen LogP contribution is 2.51. The molecule has 0 fully saturated rings. The molecule has 4 heteroatoms. The van der Waals surface area contributed by atoms with E-state index in [2.05, 4.69) is 31.9 Å². The number of fused-ring (bicyclic) bond motifs is 4. The van der Waals surface area contributed by atoms with E-state index in [0.717, 1.165) is 73.6 Å². The average molecular weight is 564 g/mol. The zero-order chi connectivity index (χ0) is 22.9. The first kappa shape index (κ1) is 19.0. The molecule has 0 saturated heterocycles. The molecular weight excluding hydrogens is 552 g/mol. The van der Waals surface area contributed by atoms with Gasteiger partial charge in [-0.25, -0.2) is 0 Å². The lowest BCUT2D eigenvalue weighted by Gasteiger charge is -2.21. The molecule has 158 valence electrons. The highest BCUT2D eigenvalue weighted by Gasteiger charge is 2.25. The van der Waals surface area contributed by atoms with Gasteiger partial charge in [0.15, 0.2) is 10.9 Å². The standard InChI is InChI=1S/C30H12Br2O2/c31-27-17-9-12-20-24-22(17)21-18(28(32)26(24)14-6-2-4-8-16(14)30(20)34)10-11-19-23(21)25(27)13-5-1-3-7-15(13)29(19)33/h1-12H. The Morgan fingerprint density at radius 3 is 1.09 bits per heavy atom. The van der Waals surface area contributed by atoms with Crippen molar-refractivity contribution in [3.8, 4) is 0 Å². The van der Waals surface area contributed by atoms with Gasteiger partial charge in [0.2, 0.25) is 0 Å². The molecule has 2 nitrogen and oxygen atoms in total. The van der Waals surface area contributed by atoms with Crippen molar-refractivity contribution in [2.45, 2.75) is 0 Å². The molecule has 0 aliphatic heterocycles. The fourth-order valence-electron chi connectivity index (χ4n) is 6.07. The number of halogens is 2. The van der Waals surface area contributed by atoms with Gasteiger partial charge in [0.1, 0.15) is 0 Å². The number of hydrogen-bond donors (Lipinski definition) is 0. The lowest BCUT2D eigenvalue weighted by atomic mass is 9.84. The van der Waals surface area contributed by atoms with Crippen LogP contribution in [0.4, 0.5) is 0 Å². The molecule has 34 heavy (non-hydrogen) atoms. The van der Waals surface area contributed by atoms with Crippen LogP contribution in [0, 0.1) is 0 Å². The van der Waals surface area contributed by atoms with Gasteiger partial charge in [-0.15, -0.1) is 0 Å². The van der Waals surface area contributed by atoms with E-state index in [9.17, 15) is 9.59 Å². The van der Waals surface area contributed by atoms with E-state index in [1.54, 1.807) is 0 Å². The van der Waals surface area contributed by atoms with Gasteiger partial charge in [-0.1, -0.05) is 60.7 Å². The summed E-state index contributed by atoms with van der Waals surface area (Å²) in [4.78, 5) is 27.1. The molecule has 0 bridgehead atoms. The lowest BCUT2D eigenvalue weighted by Crippen LogP contribution is -2.07. The van der Waals surface area contributed by atoms with E-state index in [4.69, 9.17) is 0 Å². The summed E-state index contributed by atoms with van der Waals surface area (Å²) >= 11 is 7.85. The number of rotatable bonds is 0. The maximum absolute atomic E-state index is 13.6.